The third kappa shape index (κ3) is 4.16. The van der Waals surface area contributed by atoms with Crippen molar-refractivity contribution in [2.75, 3.05) is 11.9 Å². The number of para-hydroxylation sites is 1. The van der Waals surface area contributed by atoms with Gasteiger partial charge in [0.15, 0.2) is 6.61 Å². The van der Waals surface area contributed by atoms with Crippen molar-refractivity contribution in [1.29, 1.82) is 0 Å². The number of tetrazole rings is 1. The Kier molecular flexibility index (Phi) is 5.45. The lowest BCUT2D eigenvalue weighted by molar-refractivity contribution is -0.119. The highest BCUT2D eigenvalue weighted by atomic mass is 35.5. The lowest BCUT2D eigenvalue weighted by Crippen LogP contribution is -2.21. The van der Waals surface area contributed by atoms with Crippen LogP contribution in [0.2, 0.25) is 10.0 Å². The van der Waals surface area contributed by atoms with Crippen LogP contribution < -0.4 is 5.32 Å². The molecule has 26 heavy (non-hydrogen) atoms. The summed E-state index contributed by atoms with van der Waals surface area (Å²) in [5.41, 5.74) is 1.23. The van der Waals surface area contributed by atoms with Gasteiger partial charge < -0.3 is 10.1 Å². The van der Waals surface area contributed by atoms with E-state index < -0.39 is 18.5 Å². The first-order chi connectivity index (χ1) is 12.5. The van der Waals surface area contributed by atoms with Gasteiger partial charge in [-0.3, -0.25) is 4.79 Å². The van der Waals surface area contributed by atoms with Gasteiger partial charge in [0.2, 0.25) is 0 Å². The second kappa shape index (κ2) is 7.94. The molecule has 3 aromatic rings. The van der Waals surface area contributed by atoms with E-state index >= 15 is 0 Å². The fourth-order valence-corrected chi connectivity index (χ4v) is 2.53. The smallest absolute Gasteiger partial charge is 0.338 e. The molecule has 8 nitrogen and oxygen atoms in total. The lowest BCUT2D eigenvalue weighted by Gasteiger charge is -2.09. The molecule has 2 aromatic carbocycles. The normalized spacial score (nSPS) is 10.4. The summed E-state index contributed by atoms with van der Waals surface area (Å²) in [6, 6.07) is 11.2. The van der Waals surface area contributed by atoms with Crippen LogP contribution in [0.25, 0.3) is 5.69 Å². The highest BCUT2D eigenvalue weighted by molar-refractivity contribution is 6.39. The predicted octanol–water partition coefficient (Wildman–Crippen LogP) is 2.76. The molecule has 132 valence electrons. The van der Waals surface area contributed by atoms with Crippen LogP contribution in [0.3, 0.4) is 0 Å². The van der Waals surface area contributed by atoms with Gasteiger partial charge in [-0.25, -0.2) is 9.48 Å². The Labute approximate surface area is 157 Å². The fraction of sp³-hybridized carbons (Fsp3) is 0.0625. The number of carbonyl (C=O) groups is 2. The van der Waals surface area contributed by atoms with E-state index in [1.807, 2.05) is 0 Å². The molecule has 0 aliphatic carbocycles. The Morgan fingerprint density at radius 1 is 1.08 bits per heavy atom. The van der Waals surface area contributed by atoms with Gasteiger partial charge >= 0.3 is 5.97 Å². The van der Waals surface area contributed by atoms with E-state index in [4.69, 9.17) is 27.9 Å². The first-order valence-corrected chi connectivity index (χ1v) is 8.04. The van der Waals surface area contributed by atoms with Gasteiger partial charge in [-0.15, -0.1) is 5.10 Å². The second-order valence-electron chi connectivity index (χ2n) is 5.02. The Bertz CT molecular complexity index is 909. The van der Waals surface area contributed by atoms with Gasteiger partial charge in [-0.2, -0.15) is 0 Å². The van der Waals surface area contributed by atoms with Gasteiger partial charge in [0, 0.05) is 0 Å². The maximum absolute atomic E-state index is 12.0. The van der Waals surface area contributed by atoms with Crippen LogP contribution in [-0.4, -0.2) is 38.7 Å². The van der Waals surface area contributed by atoms with Crippen LogP contribution in [0.1, 0.15) is 10.4 Å². The molecule has 1 aromatic heterocycles. The van der Waals surface area contributed by atoms with E-state index in [9.17, 15) is 9.59 Å². The number of ether oxygens (including phenoxy) is 1. The fourth-order valence-electron chi connectivity index (χ4n) is 2.04. The number of halogens is 2. The number of nitrogens with one attached hydrogen (secondary N) is 1. The summed E-state index contributed by atoms with van der Waals surface area (Å²) in [5.74, 6) is -1.20. The molecule has 0 atom stereocenters. The predicted molar refractivity (Wildman–Crippen MR) is 94.5 cm³/mol. The number of anilines is 1. The molecule has 0 bridgehead atoms. The SMILES string of the molecule is O=C(COC(=O)c1ccc(-n2cnnn2)cc1)Nc1c(Cl)cccc1Cl. The van der Waals surface area contributed by atoms with Gasteiger partial charge in [0.05, 0.1) is 27.0 Å². The van der Waals surface area contributed by atoms with E-state index in [0.29, 0.717) is 5.69 Å². The number of aromatic nitrogens is 4. The highest BCUT2D eigenvalue weighted by Crippen LogP contribution is 2.29. The maximum Gasteiger partial charge on any atom is 0.338 e. The number of carbonyl (C=O) groups excluding carboxylic acids is 2. The van der Waals surface area contributed by atoms with E-state index in [-0.39, 0.29) is 21.3 Å². The Morgan fingerprint density at radius 3 is 2.38 bits per heavy atom. The van der Waals surface area contributed by atoms with Crippen LogP contribution in [0.4, 0.5) is 5.69 Å². The minimum Gasteiger partial charge on any atom is -0.452 e. The van der Waals surface area contributed by atoms with Gasteiger partial charge in [0.25, 0.3) is 5.91 Å². The van der Waals surface area contributed by atoms with Crippen molar-refractivity contribution < 1.29 is 14.3 Å². The Balaban J connectivity index is 1.57. The number of hydrogen-bond acceptors (Lipinski definition) is 6. The zero-order valence-corrected chi connectivity index (χ0v) is 14.6. The second-order valence-corrected chi connectivity index (χ2v) is 5.84. The lowest BCUT2D eigenvalue weighted by atomic mass is 10.2. The molecule has 0 radical (unpaired) electrons. The molecular weight excluding hydrogens is 381 g/mol. The summed E-state index contributed by atoms with van der Waals surface area (Å²) < 4.78 is 6.43. The number of hydrogen-bond donors (Lipinski definition) is 1. The highest BCUT2D eigenvalue weighted by Gasteiger charge is 2.13. The first-order valence-electron chi connectivity index (χ1n) is 7.29. The van der Waals surface area contributed by atoms with E-state index in [2.05, 4.69) is 20.8 Å². The minimum atomic E-state index is -0.645. The van der Waals surface area contributed by atoms with Gasteiger partial charge in [-0.05, 0) is 46.8 Å². The average Bonchev–Trinajstić information content (AvgIpc) is 3.18. The van der Waals surface area contributed by atoms with Crippen molar-refractivity contribution in [2.24, 2.45) is 0 Å². The monoisotopic (exact) mass is 391 g/mol. The third-order valence-electron chi connectivity index (χ3n) is 3.28. The molecule has 1 amide bonds. The van der Waals surface area contributed by atoms with Crippen LogP contribution >= 0.6 is 23.2 Å². The van der Waals surface area contributed by atoms with Crippen molar-refractivity contribution in [2.45, 2.75) is 0 Å². The molecule has 0 saturated carbocycles. The van der Waals surface area contributed by atoms with Crippen molar-refractivity contribution in [1.82, 2.24) is 20.2 Å². The molecule has 0 fully saturated rings. The Morgan fingerprint density at radius 2 is 1.77 bits per heavy atom. The van der Waals surface area contributed by atoms with Crippen LogP contribution in [0.5, 0.6) is 0 Å². The van der Waals surface area contributed by atoms with Gasteiger partial charge in [0.1, 0.15) is 6.33 Å². The largest absolute Gasteiger partial charge is 0.452 e. The summed E-state index contributed by atoms with van der Waals surface area (Å²) in [5, 5.41) is 13.9. The van der Waals surface area contributed by atoms with E-state index in [1.165, 1.54) is 11.0 Å². The molecule has 0 aliphatic rings. The Hall–Kier alpha value is -2.97. The molecule has 3 rings (SSSR count). The zero-order chi connectivity index (χ0) is 18.5. The molecule has 0 saturated heterocycles. The number of rotatable bonds is 5. The average molecular weight is 392 g/mol. The standard InChI is InChI=1S/C16H11Cl2N5O3/c17-12-2-1-3-13(18)15(12)20-14(24)8-26-16(25)10-4-6-11(7-5-10)23-9-19-21-22-23/h1-7,9H,8H2,(H,20,24). The topological polar surface area (TPSA) is 99.0 Å². The van der Waals surface area contributed by atoms with Gasteiger partial charge in [-0.1, -0.05) is 29.3 Å². The number of nitrogens with zero attached hydrogens (tertiary/aromatic N) is 4. The molecule has 10 heteroatoms. The van der Waals surface area contributed by atoms with Crippen LogP contribution in [0.15, 0.2) is 48.8 Å². The molecule has 1 N–H and O–H groups in total. The zero-order valence-electron chi connectivity index (χ0n) is 13.1. The van der Waals surface area contributed by atoms with Crippen molar-refractivity contribution >= 4 is 40.8 Å². The maximum atomic E-state index is 12.0. The summed E-state index contributed by atoms with van der Waals surface area (Å²) in [6.07, 6.45) is 1.43. The van der Waals surface area contributed by atoms with Crippen molar-refractivity contribution in [3.8, 4) is 5.69 Å². The third-order valence-corrected chi connectivity index (χ3v) is 3.91. The van der Waals surface area contributed by atoms with Crippen molar-refractivity contribution in [3.63, 3.8) is 0 Å². The first kappa shape index (κ1) is 17.8. The molecule has 0 spiro atoms. The summed E-state index contributed by atoms with van der Waals surface area (Å²) in [6.45, 7) is -0.477. The van der Waals surface area contributed by atoms with E-state index in [0.717, 1.165) is 0 Å². The van der Waals surface area contributed by atoms with E-state index in [1.54, 1.807) is 42.5 Å². The summed E-state index contributed by atoms with van der Waals surface area (Å²) >= 11 is 11.9. The summed E-state index contributed by atoms with van der Waals surface area (Å²) in [4.78, 5) is 24.0. The van der Waals surface area contributed by atoms with Crippen LogP contribution in [0, 0.1) is 0 Å². The number of esters is 1. The summed E-state index contributed by atoms with van der Waals surface area (Å²) in [7, 11) is 0. The molecule has 1 heterocycles. The number of amides is 1. The number of benzene rings is 2. The molecular formula is C16H11Cl2N5O3. The molecule has 0 unspecified atom stereocenters. The van der Waals surface area contributed by atoms with Crippen LogP contribution in [-0.2, 0) is 9.53 Å². The molecule has 0 aliphatic heterocycles. The quantitative estimate of drug-likeness (QED) is 0.671. The minimum absolute atomic E-state index is 0.266. The van der Waals surface area contributed by atoms with Crippen molar-refractivity contribution in [3.05, 3.63) is 64.4 Å².